The van der Waals surface area contributed by atoms with E-state index in [1.54, 1.807) is 0 Å². The number of halogens is 1. The van der Waals surface area contributed by atoms with E-state index in [0.29, 0.717) is 6.61 Å². The summed E-state index contributed by atoms with van der Waals surface area (Å²) in [6.45, 7) is 0.898. The zero-order chi connectivity index (χ0) is 24.3. The van der Waals surface area contributed by atoms with E-state index in [1.807, 2.05) is 91.0 Å². The van der Waals surface area contributed by atoms with Crippen LogP contribution in [0.15, 0.2) is 96.1 Å². The van der Waals surface area contributed by atoms with Gasteiger partial charge in [-0.25, -0.2) is 4.39 Å². The second-order valence-electron chi connectivity index (χ2n) is 8.24. The molecule has 8 heteroatoms. The van der Waals surface area contributed by atoms with Crippen molar-refractivity contribution in [1.82, 2.24) is 0 Å². The van der Waals surface area contributed by atoms with Crippen LogP contribution in [0.3, 0.4) is 0 Å². The predicted molar refractivity (Wildman–Crippen MR) is 129 cm³/mol. The van der Waals surface area contributed by atoms with E-state index in [4.69, 9.17) is 24.5 Å². The quantitative estimate of drug-likeness (QED) is 0.200. The normalized spacial score (nSPS) is 24.0. The van der Waals surface area contributed by atoms with Crippen molar-refractivity contribution in [1.29, 1.82) is 0 Å². The van der Waals surface area contributed by atoms with Gasteiger partial charge in [-0.05, 0) is 22.2 Å². The first-order valence-corrected chi connectivity index (χ1v) is 11.5. The summed E-state index contributed by atoms with van der Waals surface area (Å²) in [5, 5.41) is 3.66. The van der Waals surface area contributed by atoms with Crippen LogP contribution in [-0.2, 0) is 38.8 Å². The number of rotatable bonds is 11. The van der Waals surface area contributed by atoms with Crippen molar-refractivity contribution in [2.75, 3.05) is 6.61 Å². The summed E-state index contributed by atoms with van der Waals surface area (Å²) < 4.78 is 38.9. The maximum atomic E-state index is 15.1. The Kier molecular flexibility index (Phi) is 9.23. The van der Waals surface area contributed by atoms with E-state index in [9.17, 15) is 0 Å². The summed E-state index contributed by atoms with van der Waals surface area (Å²) in [4.78, 5) is 2.83. The van der Waals surface area contributed by atoms with E-state index < -0.39 is 30.7 Å². The van der Waals surface area contributed by atoms with E-state index in [1.165, 1.54) is 0 Å². The third kappa shape index (κ3) is 7.11. The van der Waals surface area contributed by atoms with E-state index in [2.05, 4.69) is 10.0 Å². The lowest BCUT2D eigenvalue weighted by molar-refractivity contribution is -0.253. The van der Waals surface area contributed by atoms with Crippen LogP contribution in [0.25, 0.3) is 10.4 Å². The van der Waals surface area contributed by atoms with Crippen LogP contribution < -0.4 is 0 Å². The molecule has 1 saturated heterocycles. The second kappa shape index (κ2) is 13.0. The summed E-state index contributed by atoms with van der Waals surface area (Å²) in [7, 11) is 0. The van der Waals surface area contributed by atoms with Gasteiger partial charge in [-0.1, -0.05) is 96.1 Å². The van der Waals surface area contributed by atoms with E-state index in [-0.39, 0.29) is 19.8 Å². The smallest absolute Gasteiger partial charge is 0.210 e. The number of ether oxygens (including phenoxy) is 4. The summed E-state index contributed by atoms with van der Waals surface area (Å²) in [5.74, 6) is 0. The number of hydrogen-bond acceptors (Lipinski definition) is 5. The molecule has 1 aliphatic rings. The number of hydrogen-bond donors (Lipinski definition) is 0. The summed E-state index contributed by atoms with van der Waals surface area (Å²) in [5.41, 5.74) is 11.9. The Morgan fingerprint density at radius 2 is 1.23 bits per heavy atom. The molecule has 0 aromatic heterocycles. The molecular weight excluding hydrogens is 449 g/mol. The molecule has 3 aromatic rings. The molecule has 5 atom stereocenters. The summed E-state index contributed by atoms with van der Waals surface area (Å²) in [6.07, 6.45) is -4.21. The number of nitrogens with zero attached hydrogens (tertiary/aromatic N) is 3. The van der Waals surface area contributed by atoms with Crippen molar-refractivity contribution >= 4 is 0 Å². The highest BCUT2D eigenvalue weighted by Crippen LogP contribution is 2.31. The first-order chi connectivity index (χ1) is 17.2. The minimum Gasteiger partial charge on any atom is -0.374 e. The zero-order valence-corrected chi connectivity index (χ0v) is 19.2. The first-order valence-electron chi connectivity index (χ1n) is 11.5. The average Bonchev–Trinajstić information content (AvgIpc) is 2.90. The van der Waals surface area contributed by atoms with Crippen LogP contribution in [0.2, 0.25) is 0 Å². The lowest BCUT2D eigenvalue weighted by atomic mass is 9.97. The van der Waals surface area contributed by atoms with Crippen molar-refractivity contribution < 1.29 is 23.3 Å². The molecule has 2 unspecified atom stereocenters. The van der Waals surface area contributed by atoms with Gasteiger partial charge in [0.1, 0.15) is 24.4 Å². The minimum absolute atomic E-state index is 0.0863. The molecule has 0 bridgehead atoms. The second-order valence-corrected chi connectivity index (χ2v) is 8.24. The van der Waals surface area contributed by atoms with Crippen molar-refractivity contribution in [3.63, 3.8) is 0 Å². The molecular formula is C27H28FN3O4. The molecule has 0 aliphatic carbocycles. The van der Waals surface area contributed by atoms with Crippen LogP contribution in [0, 0.1) is 0 Å². The van der Waals surface area contributed by atoms with Gasteiger partial charge in [-0.2, -0.15) is 0 Å². The van der Waals surface area contributed by atoms with Crippen molar-refractivity contribution in [3.05, 3.63) is 118 Å². The van der Waals surface area contributed by atoms with Gasteiger partial charge < -0.3 is 18.9 Å². The molecule has 1 aliphatic heterocycles. The molecule has 0 spiro atoms. The standard InChI is InChI=1S/C27H28FN3O4/c28-27-24(30-31-29)26(34-18-22-14-8-3-9-15-22)25(33-17-21-12-6-2-7-13-21)23(35-27)19-32-16-20-10-4-1-5-11-20/h1-15,23-27H,16-19H2/t23?,24?,25-,26-,27+/m0/s1. The Hall–Kier alpha value is -3.26. The third-order valence-electron chi connectivity index (χ3n) is 5.75. The van der Waals surface area contributed by atoms with Gasteiger partial charge in [-0.15, -0.1) is 0 Å². The SMILES string of the molecule is [N-]=[N+]=NC1[C@H](F)OC(COCc2ccccc2)[C@H](OCc2ccccc2)[C@H]1OCc1ccccc1. The molecule has 4 rings (SSSR count). The molecule has 0 radical (unpaired) electrons. The predicted octanol–water partition coefficient (Wildman–Crippen LogP) is 5.75. The van der Waals surface area contributed by atoms with Crippen LogP contribution in [0.1, 0.15) is 16.7 Å². The third-order valence-corrected chi connectivity index (χ3v) is 5.75. The molecule has 35 heavy (non-hydrogen) atoms. The molecule has 7 nitrogen and oxygen atoms in total. The Morgan fingerprint density at radius 3 is 1.74 bits per heavy atom. The average molecular weight is 478 g/mol. The van der Waals surface area contributed by atoms with Crippen LogP contribution in [0.5, 0.6) is 0 Å². The van der Waals surface area contributed by atoms with Crippen LogP contribution in [-0.4, -0.2) is 37.3 Å². The molecule has 0 amide bonds. The monoisotopic (exact) mass is 477 g/mol. The van der Waals surface area contributed by atoms with E-state index >= 15 is 4.39 Å². The highest BCUT2D eigenvalue weighted by Gasteiger charge is 2.47. The van der Waals surface area contributed by atoms with Gasteiger partial charge in [0.05, 0.1) is 26.4 Å². The maximum Gasteiger partial charge on any atom is 0.210 e. The van der Waals surface area contributed by atoms with Crippen LogP contribution in [0.4, 0.5) is 4.39 Å². The van der Waals surface area contributed by atoms with Crippen molar-refractivity contribution in [2.45, 2.75) is 50.5 Å². The molecule has 3 aromatic carbocycles. The van der Waals surface area contributed by atoms with Gasteiger partial charge in [0.2, 0.25) is 6.36 Å². The molecule has 1 fully saturated rings. The Labute approximate surface area is 204 Å². The molecule has 182 valence electrons. The maximum absolute atomic E-state index is 15.1. The highest BCUT2D eigenvalue weighted by atomic mass is 19.1. The summed E-state index contributed by atoms with van der Waals surface area (Å²) in [6, 6.07) is 27.6. The van der Waals surface area contributed by atoms with Gasteiger partial charge >= 0.3 is 0 Å². The largest absolute Gasteiger partial charge is 0.374 e. The zero-order valence-electron chi connectivity index (χ0n) is 19.2. The molecule has 0 saturated carbocycles. The lowest BCUT2D eigenvalue weighted by Gasteiger charge is -2.42. The van der Waals surface area contributed by atoms with Gasteiger partial charge in [0.15, 0.2) is 0 Å². The van der Waals surface area contributed by atoms with Gasteiger partial charge in [0.25, 0.3) is 0 Å². The van der Waals surface area contributed by atoms with Crippen LogP contribution >= 0.6 is 0 Å². The Balaban J connectivity index is 1.52. The number of benzene rings is 3. The summed E-state index contributed by atoms with van der Waals surface area (Å²) >= 11 is 0. The number of azide groups is 1. The fraction of sp³-hybridized carbons (Fsp3) is 0.333. The first kappa shape index (κ1) is 24.9. The Morgan fingerprint density at radius 1 is 0.743 bits per heavy atom. The van der Waals surface area contributed by atoms with Gasteiger partial charge in [0, 0.05) is 4.91 Å². The van der Waals surface area contributed by atoms with Crippen molar-refractivity contribution in [2.24, 2.45) is 5.11 Å². The highest BCUT2D eigenvalue weighted by molar-refractivity contribution is 5.15. The molecule has 0 N–H and O–H groups in total. The lowest BCUT2D eigenvalue weighted by Crippen LogP contribution is -2.58. The fourth-order valence-corrected chi connectivity index (χ4v) is 3.99. The Bertz CT molecular complexity index is 1070. The van der Waals surface area contributed by atoms with Gasteiger partial charge in [-0.3, -0.25) is 0 Å². The van der Waals surface area contributed by atoms with Crippen molar-refractivity contribution in [3.8, 4) is 0 Å². The minimum atomic E-state index is -1.85. The number of alkyl halides is 1. The van der Waals surface area contributed by atoms with E-state index in [0.717, 1.165) is 16.7 Å². The molecule has 1 heterocycles. The topological polar surface area (TPSA) is 85.7 Å². The fourth-order valence-electron chi connectivity index (χ4n) is 3.99.